The van der Waals surface area contributed by atoms with Crippen molar-refractivity contribution < 1.29 is 4.74 Å². The van der Waals surface area contributed by atoms with Crippen molar-refractivity contribution >= 4 is 22.6 Å². The van der Waals surface area contributed by atoms with E-state index in [0.717, 1.165) is 13.2 Å². The smallest absolute Gasteiger partial charge is 0.0588 e. The fourth-order valence-electron chi connectivity index (χ4n) is 1.96. The van der Waals surface area contributed by atoms with Crippen LogP contribution in [0.1, 0.15) is 44.9 Å². The van der Waals surface area contributed by atoms with Crippen LogP contribution in [0.15, 0.2) is 0 Å². The van der Waals surface area contributed by atoms with E-state index in [-0.39, 0.29) is 0 Å². The predicted molar refractivity (Wildman–Crippen MR) is 73.8 cm³/mol. The van der Waals surface area contributed by atoms with Gasteiger partial charge in [-0.1, -0.05) is 35.4 Å². The topological polar surface area (TPSA) is 21.3 Å². The maximum absolute atomic E-state index is 5.57. The highest BCUT2D eigenvalue weighted by Crippen LogP contribution is 2.14. The zero-order valence-electron chi connectivity index (χ0n) is 9.64. The molecule has 90 valence electrons. The van der Waals surface area contributed by atoms with Gasteiger partial charge in [0.2, 0.25) is 0 Å². The summed E-state index contributed by atoms with van der Waals surface area (Å²) in [5.74, 6) is 0. The second-order valence-corrected chi connectivity index (χ2v) is 5.36. The Kier molecular flexibility index (Phi) is 9.00. The minimum absolute atomic E-state index is 0.552. The molecule has 0 amide bonds. The van der Waals surface area contributed by atoms with E-state index in [1.807, 2.05) is 0 Å². The van der Waals surface area contributed by atoms with Crippen molar-refractivity contribution in [1.82, 2.24) is 5.32 Å². The Hall–Kier alpha value is 0.650. The third kappa shape index (κ3) is 7.53. The van der Waals surface area contributed by atoms with Crippen molar-refractivity contribution in [2.75, 3.05) is 24.1 Å². The van der Waals surface area contributed by atoms with Gasteiger partial charge in [0.25, 0.3) is 0 Å². The van der Waals surface area contributed by atoms with Crippen LogP contribution < -0.4 is 5.32 Å². The number of ether oxygens (including phenoxy) is 1. The number of rotatable bonds is 9. The first-order chi connectivity index (χ1) is 7.43. The fourth-order valence-corrected chi connectivity index (χ4v) is 2.50. The maximum atomic E-state index is 5.57. The standard InChI is InChI=1S/C12H24INO/c13-8-3-1-2-4-9-14-10-7-12-6-5-11-15-12/h12,14H,1-11H2. The number of unbranched alkanes of at least 4 members (excludes halogenated alkanes) is 3. The molecule has 3 heteroatoms. The van der Waals surface area contributed by atoms with E-state index in [9.17, 15) is 0 Å². The van der Waals surface area contributed by atoms with Crippen LogP contribution in [0.5, 0.6) is 0 Å². The Morgan fingerprint density at radius 3 is 2.73 bits per heavy atom. The summed E-state index contributed by atoms with van der Waals surface area (Å²) >= 11 is 2.45. The number of hydrogen-bond acceptors (Lipinski definition) is 2. The Morgan fingerprint density at radius 2 is 2.00 bits per heavy atom. The lowest BCUT2D eigenvalue weighted by Crippen LogP contribution is -2.21. The van der Waals surface area contributed by atoms with Crippen molar-refractivity contribution in [3.05, 3.63) is 0 Å². The molecular weight excluding hydrogens is 301 g/mol. The molecule has 0 bridgehead atoms. The summed E-state index contributed by atoms with van der Waals surface area (Å²) < 4.78 is 6.88. The quantitative estimate of drug-likeness (QED) is 0.399. The zero-order valence-corrected chi connectivity index (χ0v) is 11.8. The molecule has 1 saturated heterocycles. The summed E-state index contributed by atoms with van der Waals surface area (Å²) in [5, 5.41) is 3.51. The second kappa shape index (κ2) is 9.85. The minimum Gasteiger partial charge on any atom is -0.378 e. The lowest BCUT2D eigenvalue weighted by Gasteiger charge is -2.09. The fraction of sp³-hybridized carbons (Fsp3) is 1.00. The summed E-state index contributed by atoms with van der Waals surface area (Å²) in [6.45, 7) is 3.31. The van der Waals surface area contributed by atoms with Crippen LogP contribution >= 0.6 is 22.6 Å². The number of nitrogens with one attached hydrogen (secondary N) is 1. The summed E-state index contributed by atoms with van der Waals surface area (Å²) in [4.78, 5) is 0. The first-order valence-corrected chi connectivity index (χ1v) is 7.84. The molecule has 0 spiro atoms. The van der Waals surface area contributed by atoms with Crippen LogP contribution in [0.4, 0.5) is 0 Å². The van der Waals surface area contributed by atoms with Crippen molar-refractivity contribution in [1.29, 1.82) is 0 Å². The van der Waals surface area contributed by atoms with Gasteiger partial charge in [0.05, 0.1) is 6.10 Å². The molecule has 1 unspecified atom stereocenters. The number of alkyl halides is 1. The highest BCUT2D eigenvalue weighted by molar-refractivity contribution is 14.1. The average Bonchev–Trinajstić information content (AvgIpc) is 2.75. The Labute approximate surface area is 108 Å². The largest absolute Gasteiger partial charge is 0.378 e. The molecule has 1 aliphatic rings. The van der Waals surface area contributed by atoms with Gasteiger partial charge in [0, 0.05) is 6.61 Å². The van der Waals surface area contributed by atoms with Gasteiger partial charge in [-0.25, -0.2) is 0 Å². The molecule has 1 heterocycles. The Balaban J connectivity index is 1.73. The molecule has 0 radical (unpaired) electrons. The third-order valence-electron chi connectivity index (χ3n) is 2.90. The minimum atomic E-state index is 0.552. The Morgan fingerprint density at radius 1 is 1.13 bits per heavy atom. The van der Waals surface area contributed by atoms with Crippen LogP contribution in [0, 0.1) is 0 Å². The summed E-state index contributed by atoms with van der Waals surface area (Å²) in [6, 6.07) is 0. The molecule has 0 aromatic rings. The van der Waals surface area contributed by atoms with Gasteiger partial charge in [0.1, 0.15) is 0 Å². The normalized spacial score (nSPS) is 21.0. The van der Waals surface area contributed by atoms with Gasteiger partial charge in [-0.15, -0.1) is 0 Å². The number of hydrogen-bond donors (Lipinski definition) is 1. The lowest BCUT2D eigenvalue weighted by molar-refractivity contribution is 0.104. The zero-order chi connectivity index (χ0) is 10.8. The van der Waals surface area contributed by atoms with Gasteiger partial charge in [-0.2, -0.15) is 0 Å². The van der Waals surface area contributed by atoms with Gasteiger partial charge in [0.15, 0.2) is 0 Å². The molecule has 1 aliphatic heterocycles. The highest BCUT2D eigenvalue weighted by atomic mass is 127. The van der Waals surface area contributed by atoms with E-state index < -0.39 is 0 Å². The maximum Gasteiger partial charge on any atom is 0.0588 e. The van der Waals surface area contributed by atoms with Gasteiger partial charge in [-0.05, 0) is 49.6 Å². The Bertz CT molecular complexity index is 138. The molecule has 0 saturated carbocycles. The van der Waals surface area contributed by atoms with Crippen LogP contribution in [0.25, 0.3) is 0 Å². The molecule has 0 aliphatic carbocycles. The molecule has 1 N–H and O–H groups in total. The van der Waals surface area contributed by atoms with E-state index in [2.05, 4.69) is 27.9 Å². The SMILES string of the molecule is ICCCCCCNCCC1CCCO1. The van der Waals surface area contributed by atoms with Crippen molar-refractivity contribution in [2.45, 2.75) is 51.0 Å². The average molecular weight is 325 g/mol. The van der Waals surface area contributed by atoms with Crippen molar-refractivity contribution in [3.63, 3.8) is 0 Å². The van der Waals surface area contributed by atoms with E-state index in [1.54, 1.807) is 0 Å². The first kappa shape index (κ1) is 13.7. The predicted octanol–water partition coefficient (Wildman–Crippen LogP) is 3.14. The highest BCUT2D eigenvalue weighted by Gasteiger charge is 2.13. The van der Waals surface area contributed by atoms with Crippen molar-refractivity contribution in [2.24, 2.45) is 0 Å². The van der Waals surface area contributed by atoms with Crippen LogP contribution in [-0.4, -0.2) is 30.2 Å². The third-order valence-corrected chi connectivity index (χ3v) is 3.67. The second-order valence-electron chi connectivity index (χ2n) is 4.28. The first-order valence-electron chi connectivity index (χ1n) is 6.32. The van der Waals surface area contributed by atoms with E-state index >= 15 is 0 Å². The van der Waals surface area contributed by atoms with Crippen LogP contribution in [0.3, 0.4) is 0 Å². The van der Waals surface area contributed by atoms with Gasteiger partial charge < -0.3 is 10.1 Å². The molecular formula is C12H24INO. The molecule has 15 heavy (non-hydrogen) atoms. The summed E-state index contributed by atoms with van der Waals surface area (Å²) in [6.07, 6.45) is 9.80. The molecule has 0 aromatic carbocycles. The summed E-state index contributed by atoms with van der Waals surface area (Å²) in [7, 11) is 0. The molecule has 1 rings (SSSR count). The molecule has 1 fully saturated rings. The van der Waals surface area contributed by atoms with Crippen LogP contribution in [-0.2, 0) is 4.74 Å². The van der Waals surface area contributed by atoms with Gasteiger partial charge in [-0.3, -0.25) is 0 Å². The lowest BCUT2D eigenvalue weighted by atomic mass is 10.2. The summed E-state index contributed by atoms with van der Waals surface area (Å²) in [5.41, 5.74) is 0. The van der Waals surface area contributed by atoms with E-state index in [0.29, 0.717) is 6.10 Å². The van der Waals surface area contributed by atoms with Crippen LogP contribution in [0.2, 0.25) is 0 Å². The van der Waals surface area contributed by atoms with E-state index in [4.69, 9.17) is 4.74 Å². The molecule has 1 atom stereocenters. The monoisotopic (exact) mass is 325 g/mol. The molecule has 2 nitrogen and oxygen atoms in total. The van der Waals surface area contributed by atoms with E-state index in [1.165, 1.54) is 55.9 Å². The van der Waals surface area contributed by atoms with Crippen molar-refractivity contribution in [3.8, 4) is 0 Å². The number of halogens is 1. The molecule has 0 aromatic heterocycles. The van der Waals surface area contributed by atoms with Gasteiger partial charge >= 0.3 is 0 Å².